The Kier molecular flexibility index (Phi) is 4.83. The lowest BCUT2D eigenvalue weighted by molar-refractivity contribution is 0.0953. The molecule has 1 aliphatic carbocycles. The molecule has 0 atom stereocenters. The number of carbonyl (C=O) groups excluding carboxylic acids is 1. The van der Waals surface area contributed by atoms with Gasteiger partial charge in [-0.25, -0.2) is 0 Å². The van der Waals surface area contributed by atoms with Gasteiger partial charge in [-0.05, 0) is 59.8 Å². The lowest BCUT2D eigenvalue weighted by Crippen LogP contribution is -2.24. The van der Waals surface area contributed by atoms with Gasteiger partial charge in [0, 0.05) is 12.1 Å². The molecule has 0 saturated carbocycles. The summed E-state index contributed by atoms with van der Waals surface area (Å²) in [5.74, 6) is 0.0770. The number of nitrogens with one attached hydrogen (secondary N) is 1. The summed E-state index contributed by atoms with van der Waals surface area (Å²) in [6.45, 7) is 0.791. The normalized spacial score (nSPS) is 13.5. The number of hydrogen-bond acceptors (Lipinski definition) is 1. The molecule has 3 heteroatoms. The summed E-state index contributed by atoms with van der Waals surface area (Å²) in [7, 11) is 0. The van der Waals surface area contributed by atoms with Crippen molar-refractivity contribution in [3.63, 3.8) is 0 Å². The highest BCUT2D eigenvalue weighted by Crippen LogP contribution is 2.22. The molecule has 1 aromatic carbocycles. The van der Waals surface area contributed by atoms with Crippen molar-refractivity contribution >= 4 is 28.5 Å². The Morgan fingerprint density at radius 2 is 2.06 bits per heavy atom. The van der Waals surface area contributed by atoms with E-state index >= 15 is 0 Å². The number of carbonyl (C=O) groups is 1. The van der Waals surface area contributed by atoms with Crippen molar-refractivity contribution in [3.05, 3.63) is 34.9 Å². The maximum atomic E-state index is 11.9. The third kappa shape index (κ3) is 3.44. The second-order valence-corrected chi connectivity index (χ2v) is 5.57. The number of benzene rings is 1. The first-order valence-corrected chi connectivity index (χ1v) is 7.80. The van der Waals surface area contributed by atoms with Crippen LogP contribution in [0.2, 0.25) is 0 Å². The smallest absolute Gasteiger partial charge is 0.251 e. The van der Waals surface area contributed by atoms with E-state index in [9.17, 15) is 4.79 Å². The molecule has 2 rings (SSSR count). The minimum atomic E-state index is 0.0770. The number of halogens is 1. The Hall–Kier alpha value is -0.580. The first-order chi connectivity index (χ1) is 8.31. The first kappa shape index (κ1) is 12.9. The Labute approximate surface area is 116 Å². The number of hydrogen-bond donors (Lipinski definition) is 1. The van der Waals surface area contributed by atoms with Gasteiger partial charge >= 0.3 is 0 Å². The van der Waals surface area contributed by atoms with Gasteiger partial charge in [0.1, 0.15) is 0 Å². The number of aryl methyl sites for hydroxylation is 2. The molecule has 1 amide bonds. The number of rotatable bonds is 5. The molecule has 0 fully saturated rings. The Bertz CT molecular complexity index is 403. The molecule has 0 spiro atoms. The van der Waals surface area contributed by atoms with Gasteiger partial charge in [-0.3, -0.25) is 4.79 Å². The zero-order valence-corrected chi connectivity index (χ0v) is 12.1. The van der Waals surface area contributed by atoms with Crippen LogP contribution in [-0.2, 0) is 12.8 Å². The molecule has 17 heavy (non-hydrogen) atoms. The standard InChI is InChI=1S/C14H18INO/c15-8-1-2-9-16-14(17)13-7-6-11-4-3-5-12(11)10-13/h6-7,10H,1-5,8-9H2,(H,16,17). The lowest BCUT2D eigenvalue weighted by Gasteiger charge is -2.06. The fraction of sp³-hybridized carbons (Fsp3) is 0.500. The molecule has 2 nitrogen and oxygen atoms in total. The van der Waals surface area contributed by atoms with Gasteiger partial charge in [0.05, 0.1) is 0 Å². The molecular formula is C14H18INO. The molecule has 0 aromatic heterocycles. The molecule has 0 saturated heterocycles. The highest BCUT2D eigenvalue weighted by molar-refractivity contribution is 14.1. The van der Waals surface area contributed by atoms with Gasteiger partial charge in [-0.15, -0.1) is 0 Å². The average Bonchev–Trinajstić information content (AvgIpc) is 2.81. The summed E-state index contributed by atoms with van der Waals surface area (Å²) >= 11 is 2.36. The molecule has 1 aliphatic rings. The predicted molar refractivity (Wildman–Crippen MR) is 78.9 cm³/mol. The van der Waals surface area contributed by atoms with Crippen molar-refractivity contribution in [1.29, 1.82) is 0 Å². The van der Waals surface area contributed by atoms with Crippen LogP contribution in [0.25, 0.3) is 0 Å². The van der Waals surface area contributed by atoms with Crippen LogP contribution in [0.5, 0.6) is 0 Å². The second-order valence-electron chi connectivity index (χ2n) is 4.49. The van der Waals surface area contributed by atoms with Crippen molar-refractivity contribution in [2.75, 3.05) is 11.0 Å². The molecule has 0 bridgehead atoms. The molecule has 0 radical (unpaired) electrons. The third-order valence-electron chi connectivity index (χ3n) is 3.21. The van der Waals surface area contributed by atoms with E-state index in [1.807, 2.05) is 6.07 Å². The summed E-state index contributed by atoms with van der Waals surface area (Å²) in [4.78, 5) is 11.9. The average molecular weight is 343 g/mol. The van der Waals surface area contributed by atoms with E-state index in [2.05, 4.69) is 40.0 Å². The summed E-state index contributed by atoms with van der Waals surface area (Å²) < 4.78 is 1.16. The van der Waals surface area contributed by atoms with Crippen LogP contribution < -0.4 is 5.32 Å². The molecule has 1 aromatic rings. The molecule has 0 heterocycles. The van der Waals surface area contributed by atoms with E-state index in [1.54, 1.807) is 0 Å². The van der Waals surface area contributed by atoms with Crippen molar-refractivity contribution in [3.8, 4) is 0 Å². The van der Waals surface area contributed by atoms with E-state index in [4.69, 9.17) is 0 Å². The van der Waals surface area contributed by atoms with E-state index < -0.39 is 0 Å². The Morgan fingerprint density at radius 3 is 2.88 bits per heavy atom. The van der Waals surface area contributed by atoms with E-state index in [0.29, 0.717) is 0 Å². The number of unbranched alkanes of at least 4 members (excludes halogenated alkanes) is 1. The minimum Gasteiger partial charge on any atom is -0.352 e. The fourth-order valence-electron chi connectivity index (χ4n) is 2.24. The van der Waals surface area contributed by atoms with Crippen LogP contribution in [0.1, 0.15) is 40.7 Å². The van der Waals surface area contributed by atoms with Crippen LogP contribution in [0.3, 0.4) is 0 Å². The molecular weight excluding hydrogens is 325 g/mol. The van der Waals surface area contributed by atoms with Crippen molar-refractivity contribution in [2.45, 2.75) is 32.1 Å². The molecule has 0 aliphatic heterocycles. The Balaban J connectivity index is 1.91. The predicted octanol–water partition coefficient (Wildman–Crippen LogP) is 3.12. The van der Waals surface area contributed by atoms with Gasteiger partial charge in [-0.1, -0.05) is 28.7 Å². The van der Waals surface area contributed by atoms with E-state index in [0.717, 1.165) is 29.4 Å². The zero-order chi connectivity index (χ0) is 12.1. The topological polar surface area (TPSA) is 29.1 Å². The van der Waals surface area contributed by atoms with E-state index in [1.165, 1.54) is 30.4 Å². The van der Waals surface area contributed by atoms with Gasteiger partial charge in [0.25, 0.3) is 5.91 Å². The van der Waals surface area contributed by atoms with Gasteiger partial charge in [-0.2, -0.15) is 0 Å². The monoisotopic (exact) mass is 343 g/mol. The zero-order valence-electron chi connectivity index (χ0n) is 9.97. The van der Waals surface area contributed by atoms with E-state index in [-0.39, 0.29) is 5.91 Å². The fourth-order valence-corrected chi connectivity index (χ4v) is 2.78. The second kappa shape index (κ2) is 6.38. The number of amides is 1. The maximum Gasteiger partial charge on any atom is 0.251 e. The quantitative estimate of drug-likeness (QED) is 0.497. The van der Waals surface area contributed by atoms with Crippen molar-refractivity contribution < 1.29 is 4.79 Å². The van der Waals surface area contributed by atoms with Crippen LogP contribution in [0, 0.1) is 0 Å². The van der Waals surface area contributed by atoms with Crippen LogP contribution in [0.15, 0.2) is 18.2 Å². The molecule has 0 unspecified atom stereocenters. The van der Waals surface area contributed by atoms with Crippen LogP contribution >= 0.6 is 22.6 Å². The van der Waals surface area contributed by atoms with Crippen LogP contribution in [0.4, 0.5) is 0 Å². The summed E-state index contributed by atoms with van der Waals surface area (Å²) in [5.41, 5.74) is 3.61. The lowest BCUT2D eigenvalue weighted by atomic mass is 10.1. The third-order valence-corrected chi connectivity index (χ3v) is 3.97. The first-order valence-electron chi connectivity index (χ1n) is 6.27. The minimum absolute atomic E-state index is 0.0770. The highest BCUT2D eigenvalue weighted by Gasteiger charge is 2.13. The van der Waals surface area contributed by atoms with Gasteiger partial charge in [0.2, 0.25) is 0 Å². The maximum absolute atomic E-state index is 11.9. The largest absolute Gasteiger partial charge is 0.352 e. The summed E-state index contributed by atoms with van der Waals surface area (Å²) in [6, 6.07) is 6.13. The van der Waals surface area contributed by atoms with Gasteiger partial charge in [0.15, 0.2) is 0 Å². The van der Waals surface area contributed by atoms with Gasteiger partial charge < -0.3 is 5.32 Å². The molecule has 92 valence electrons. The summed E-state index contributed by atoms with van der Waals surface area (Å²) in [6.07, 6.45) is 5.78. The summed E-state index contributed by atoms with van der Waals surface area (Å²) in [5, 5.41) is 2.98. The van der Waals surface area contributed by atoms with Crippen molar-refractivity contribution in [1.82, 2.24) is 5.32 Å². The highest BCUT2D eigenvalue weighted by atomic mass is 127. The molecule has 1 N–H and O–H groups in total. The Morgan fingerprint density at radius 1 is 1.24 bits per heavy atom. The number of fused-ring (bicyclic) bond motifs is 1. The van der Waals surface area contributed by atoms with Crippen molar-refractivity contribution in [2.24, 2.45) is 0 Å². The SMILES string of the molecule is O=C(NCCCCI)c1ccc2c(c1)CCC2. The number of alkyl halides is 1. The van der Waals surface area contributed by atoms with Crippen LogP contribution in [-0.4, -0.2) is 16.9 Å².